The summed E-state index contributed by atoms with van der Waals surface area (Å²) < 4.78 is 0. The summed E-state index contributed by atoms with van der Waals surface area (Å²) in [6.45, 7) is 9.96. The first-order valence-electron chi connectivity index (χ1n) is 5.36. The number of allylic oxidation sites excluding steroid dienone is 2. The third-order valence-corrected chi connectivity index (χ3v) is 2.44. The van der Waals surface area contributed by atoms with Gasteiger partial charge in [0.25, 0.3) is 0 Å². The lowest BCUT2D eigenvalue weighted by molar-refractivity contribution is 0.115. The zero-order valence-corrected chi connectivity index (χ0v) is 10.0. The maximum Gasteiger partial charge on any atom is 0.0612 e. The van der Waals surface area contributed by atoms with E-state index in [0.717, 1.165) is 18.5 Å². The number of aliphatic hydroxyl groups excluding tert-OH is 1. The maximum atomic E-state index is 9.48. The molecular weight excluding hydrogens is 174 g/mol. The van der Waals surface area contributed by atoms with E-state index in [9.17, 15) is 5.11 Å². The Morgan fingerprint density at radius 3 is 2.36 bits per heavy atom. The molecule has 1 atom stereocenters. The lowest BCUT2D eigenvalue weighted by atomic mass is 9.89. The minimum absolute atomic E-state index is 0.248. The van der Waals surface area contributed by atoms with Gasteiger partial charge in [0.1, 0.15) is 0 Å². The van der Waals surface area contributed by atoms with E-state index in [2.05, 4.69) is 24.9 Å². The molecule has 2 heteroatoms. The van der Waals surface area contributed by atoms with Crippen LogP contribution in [-0.2, 0) is 0 Å². The molecule has 1 N–H and O–H groups in total. The second kappa shape index (κ2) is 5.97. The normalized spacial score (nSPS) is 16.3. The molecule has 0 radical (unpaired) electrons. The monoisotopic (exact) mass is 197 g/mol. The van der Waals surface area contributed by atoms with Crippen molar-refractivity contribution in [3.8, 4) is 0 Å². The molecule has 0 rings (SSSR count). The third-order valence-electron chi connectivity index (χ3n) is 2.44. The number of aliphatic hydroxyl groups is 1. The number of nitrogens with zero attached hydrogens (tertiary/aromatic N) is 1. The molecular formula is C12H23NO. The average Bonchev–Trinajstić information content (AvgIpc) is 2.12. The Morgan fingerprint density at radius 2 is 2.00 bits per heavy atom. The summed E-state index contributed by atoms with van der Waals surface area (Å²) in [5, 5.41) is 9.48. The molecule has 0 aliphatic heterocycles. The molecule has 0 fully saturated rings. The third kappa shape index (κ3) is 4.56. The minimum Gasteiger partial charge on any atom is -0.392 e. The van der Waals surface area contributed by atoms with E-state index >= 15 is 0 Å². The molecule has 0 aromatic carbocycles. The molecule has 0 amide bonds. The molecule has 0 aromatic rings. The first kappa shape index (κ1) is 13.4. The number of hydrogen-bond donors (Lipinski definition) is 1. The van der Waals surface area contributed by atoms with Gasteiger partial charge in [-0.05, 0) is 19.8 Å². The summed E-state index contributed by atoms with van der Waals surface area (Å²) in [6, 6.07) is 0. The van der Waals surface area contributed by atoms with E-state index < -0.39 is 0 Å². The van der Waals surface area contributed by atoms with Crippen LogP contribution in [0.4, 0.5) is 0 Å². The van der Waals surface area contributed by atoms with Gasteiger partial charge in [-0.15, -0.1) is 0 Å². The molecule has 0 aliphatic carbocycles. The van der Waals surface area contributed by atoms with Crippen molar-refractivity contribution in [1.82, 2.24) is 0 Å². The van der Waals surface area contributed by atoms with Crippen molar-refractivity contribution in [3.63, 3.8) is 0 Å². The van der Waals surface area contributed by atoms with Gasteiger partial charge in [-0.2, -0.15) is 0 Å². The summed E-state index contributed by atoms with van der Waals surface area (Å²) in [6.07, 6.45) is 5.55. The SMILES string of the molecule is CC/C=C(/CC)N=CC(C)(C)C(C)O. The first-order chi connectivity index (χ1) is 6.44. The van der Waals surface area contributed by atoms with Gasteiger partial charge in [0, 0.05) is 17.3 Å². The molecule has 0 spiro atoms. The Morgan fingerprint density at radius 1 is 1.43 bits per heavy atom. The summed E-state index contributed by atoms with van der Waals surface area (Å²) >= 11 is 0. The van der Waals surface area contributed by atoms with Gasteiger partial charge >= 0.3 is 0 Å². The number of aliphatic imine (C=N–C) groups is 1. The Bertz CT molecular complexity index is 214. The maximum absolute atomic E-state index is 9.48. The van der Waals surface area contributed by atoms with Crippen LogP contribution in [0.3, 0.4) is 0 Å². The fourth-order valence-electron chi connectivity index (χ4n) is 0.881. The zero-order chi connectivity index (χ0) is 11.2. The van der Waals surface area contributed by atoms with Crippen molar-refractivity contribution in [3.05, 3.63) is 11.8 Å². The van der Waals surface area contributed by atoms with Gasteiger partial charge in [0.05, 0.1) is 6.10 Å². The minimum atomic E-state index is -0.369. The van der Waals surface area contributed by atoms with Crippen molar-refractivity contribution in [2.24, 2.45) is 10.4 Å². The highest BCUT2D eigenvalue weighted by molar-refractivity contribution is 5.66. The van der Waals surface area contributed by atoms with Gasteiger partial charge in [-0.1, -0.05) is 33.8 Å². The van der Waals surface area contributed by atoms with Crippen LogP contribution in [0.1, 0.15) is 47.5 Å². The van der Waals surface area contributed by atoms with E-state index in [1.807, 2.05) is 20.1 Å². The largest absolute Gasteiger partial charge is 0.392 e. The van der Waals surface area contributed by atoms with Crippen LogP contribution in [0.5, 0.6) is 0 Å². The Balaban J connectivity index is 4.48. The molecule has 0 bridgehead atoms. The highest BCUT2D eigenvalue weighted by Crippen LogP contribution is 2.18. The van der Waals surface area contributed by atoms with Crippen molar-refractivity contribution in [2.75, 3.05) is 0 Å². The van der Waals surface area contributed by atoms with E-state index in [0.29, 0.717) is 0 Å². The lowest BCUT2D eigenvalue weighted by Gasteiger charge is -2.22. The Hall–Kier alpha value is -0.630. The van der Waals surface area contributed by atoms with Crippen molar-refractivity contribution in [1.29, 1.82) is 0 Å². The van der Waals surface area contributed by atoms with E-state index in [1.54, 1.807) is 6.92 Å². The summed E-state index contributed by atoms with van der Waals surface area (Å²) in [7, 11) is 0. The summed E-state index contributed by atoms with van der Waals surface area (Å²) in [5.41, 5.74) is 0.850. The van der Waals surface area contributed by atoms with Crippen LogP contribution < -0.4 is 0 Å². The van der Waals surface area contributed by atoms with Gasteiger partial charge < -0.3 is 5.11 Å². The topological polar surface area (TPSA) is 32.6 Å². The Kier molecular flexibility index (Phi) is 5.70. The van der Waals surface area contributed by atoms with Crippen LogP contribution in [-0.4, -0.2) is 17.4 Å². The van der Waals surface area contributed by atoms with Crippen LogP contribution in [0.25, 0.3) is 0 Å². The van der Waals surface area contributed by atoms with Crippen LogP contribution >= 0.6 is 0 Å². The van der Waals surface area contributed by atoms with Gasteiger partial charge in [-0.25, -0.2) is 0 Å². The fraction of sp³-hybridized carbons (Fsp3) is 0.750. The van der Waals surface area contributed by atoms with Gasteiger partial charge in [0.2, 0.25) is 0 Å². The van der Waals surface area contributed by atoms with Crippen LogP contribution in [0.15, 0.2) is 16.8 Å². The van der Waals surface area contributed by atoms with Crippen LogP contribution in [0.2, 0.25) is 0 Å². The standard InChI is InChI=1S/C12H23NO/c1-6-8-11(7-2)13-9-12(4,5)10(3)14/h8-10,14H,6-7H2,1-5H3/b11-8-,13-9?. The first-order valence-corrected chi connectivity index (χ1v) is 5.36. The number of hydrogen-bond acceptors (Lipinski definition) is 2. The van der Waals surface area contributed by atoms with Gasteiger partial charge in [-0.3, -0.25) is 4.99 Å². The molecule has 0 saturated carbocycles. The average molecular weight is 197 g/mol. The second-order valence-electron chi connectivity index (χ2n) is 4.21. The molecule has 0 saturated heterocycles. The van der Waals surface area contributed by atoms with Crippen LogP contribution in [0, 0.1) is 5.41 Å². The molecule has 82 valence electrons. The Labute approximate surface area is 87.8 Å². The smallest absolute Gasteiger partial charge is 0.0612 e. The highest BCUT2D eigenvalue weighted by Gasteiger charge is 2.21. The van der Waals surface area contributed by atoms with E-state index in [1.165, 1.54) is 0 Å². The molecule has 2 nitrogen and oxygen atoms in total. The molecule has 1 unspecified atom stereocenters. The quantitative estimate of drug-likeness (QED) is 0.675. The molecule has 0 heterocycles. The molecule has 0 aliphatic rings. The van der Waals surface area contributed by atoms with Crippen molar-refractivity contribution in [2.45, 2.75) is 53.6 Å². The van der Waals surface area contributed by atoms with Crippen molar-refractivity contribution < 1.29 is 5.11 Å². The second-order valence-corrected chi connectivity index (χ2v) is 4.21. The number of rotatable bonds is 5. The molecule has 0 aromatic heterocycles. The predicted octanol–water partition coefficient (Wildman–Crippen LogP) is 3.17. The lowest BCUT2D eigenvalue weighted by Crippen LogP contribution is -2.27. The van der Waals surface area contributed by atoms with E-state index in [4.69, 9.17) is 0 Å². The summed E-state index contributed by atoms with van der Waals surface area (Å²) in [4.78, 5) is 4.40. The fourth-order valence-corrected chi connectivity index (χ4v) is 0.881. The van der Waals surface area contributed by atoms with E-state index in [-0.39, 0.29) is 11.5 Å². The molecule has 14 heavy (non-hydrogen) atoms. The zero-order valence-electron chi connectivity index (χ0n) is 10.0. The highest BCUT2D eigenvalue weighted by atomic mass is 16.3. The van der Waals surface area contributed by atoms with Gasteiger partial charge in [0.15, 0.2) is 0 Å². The predicted molar refractivity (Wildman–Crippen MR) is 62.6 cm³/mol. The summed E-state index contributed by atoms with van der Waals surface area (Å²) in [5.74, 6) is 0. The van der Waals surface area contributed by atoms with Crippen molar-refractivity contribution >= 4 is 6.21 Å².